The first-order valence-electron chi connectivity index (χ1n) is 39.0. The predicted octanol–water partition coefficient (Wildman–Crippen LogP) is 14.3. The standard InChI is InChI=1S/2C10H19NO.2C10H19NS.C9H17NO2.2C9H17NOS.C9H17NS2/c4*1-9-7-10(8-11(9)2)5-3-4-6-12-10;4*1-8-6-9(7-10(8)2)11-4-3-5-12-9/h4*9H,3-8H2,1-2H3;4*8H,3-7H2,1-2H3. The van der Waals surface area contributed by atoms with Crippen LogP contribution in [0.25, 0.3) is 0 Å². The summed E-state index contributed by atoms with van der Waals surface area (Å²) in [5.41, 5.74) is 0.485. The lowest BCUT2D eigenvalue weighted by atomic mass is 9.91. The molecule has 96 heavy (non-hydrogen) atoms. The first-order valence-corrected chi connectivity index (χ1v) is 45.0. The van der Waals surface area contributed by atoms with Gasteiger partial charge in [0.25, 0.3) is 0 Å². The zero-order chi connectivity index (χ0) is 68.8. The molecule has 0 bridgehead atoms. The number of nitrogens with zero attached hydrogens (tertiary/aromatic N) is 8. The van der Waals surface area contributed by atoms with Gasteiger partial charge in [-0.1, -0.05) is 12.8 Å². The van der Waals surface area contributed by atoms with E-state index >= 15 is 0 Å². The van der Waals surface area contributed by atoms with Crippen LogP contribution in [-0.4, -0.2) is 311 Å². The zero-order valence-electron chi connectivity index (χ0n) is 64.2. The summed E-state index contributed by atoms with van der Waals surface area (Å²) in [5, 5.41) is 0. The molecule has 16 aliphatic heterocycles. The molecule has 0 aromatic rings. The van der Waals surface area contributed by atoms with E-state index in [1.165, 1.54) is 195 Å². The second-order valence-corrected chi connectivity index (χ2v) is 42.8. The highest BCUT2D eigenvalue weighted by atomic mass is 32.2. The molecule has 20 heteroatoms. The topological polar surface area (TPSA) is 81.3 Å². The fraction of sp³-hybridized carbons (Fsp3) is 1.00. The number of likely N-dealkylation sites (N-methyl/N-ethyl adjacent to an activating group) is 5. The van der Waals surface area contributed by atoms with E-state index in [2.05, 4.69) is 198 Å². The van der Waals surface area contributed by atoms with Gasteiger partial charge in [-0.3, -0.25) is 14.7 Å². The number of hydrogen-bond donors (Lipinski definition) is 0. The maximum atomic E-state index is 5.93. The van der Waals surface area contributed by atoms with Crippen LogP contribution in [0.5, 0.6) is 0 Å². The van der Waals surface area contributed by atoms with Crippen molar-refractivity contribution in [2.45, 2.75) is 298 Å². The molecule has 0 radical (unpaired) electrons. The molecular formula is C76H144N8O6S6. The van der Waals surface area contributed by atoms with Crippen LogP contribution in [0.3, 0.4) is 0 Å². The zero-order valence-corrected chi connectivity index (χ0v) is 69.1. The van der Waals surface area contributed by atoms with Gasteiger partial charge in [-0.15, -0.1) is 47.0 Å². The van der Waals surface area contributed by atoms with Gasteiger partial charge in [0, 0.05) is 149 Å². The Morgan fingerprint density at radius 3 is 0.906 bits per heavy atom. The fourth-order valence-corrected chi connectivity index (χ4v) is 28.4. The lowest BCUT2D eigenvalue weighted by molar-refractivity contribution is -0.257. The largest absolute Gasteiger partial charge is 0.374 e. The molecule has 16 aliphatic rings. The van der Waals surface area contributed by atoms with Gasteiger partial charge < -0.3 is 52.9 Å². The van der Waals surface area contributed by atoms with Crippen LogP contribution in [-0.2, 0) is 28.4 Å². The first kappa shape index (κ1) is 81.6. The smallest absolute Gasteiger partial charge is 0.182 e. The minimum atomic E-state index is -0.258. The summed E-state index contributed by atoms with van der Waals surface area (Å²) in [5.74, 6) is 7.87. The molecular weight excluding hydrogens is 1310 g/mol. The molecule has 0 aromatic heterocycles. The van der Waals surface area contributed by atoms with E-state index in [1.54, 1.807) is 0 Å². The van der Waals surface area contributed by atoms with E-state index in [-0.39, 0.29) is 26.9 Å². The Kier molecular flexibility index (Phi) is 31.8. The van der Waals surface area contributed by atoms with Crippen molar-refractivity contribution in [2.24, 2.45) is 0 Å². The molecule has 16 saturated heterocycles. The van der Waals surface area contributed by atoms with Crippen LogP contribution in [0.4, 0.5) is 0 Å². The van der Waals surface area contributed by atoms with Crippen molar-refractivity contribution < 1.29 is 28.4 Å². The molecule has 16 rings (SSSR count). The lowest BCUT2D eigenvalue weighted by Gasteiger charge is -2.33. The van der Waals surface area contributed by atoms with E-state index < -0.39 is 0 Å². The maximum Gasteiger partial charge on any atom is 0.182 e. The van der Waals surface area contributed by atoms with Gasteiger partial charge in [-0.2, -0.15) is 23.5 Å². The summed E-state index contributed by atoms with van der Waals surface area (Å²) in [6.45, 7) is 33.5. The van der Waals surface area contributed by atoms with Crippen LogP contribution in [0, 0.1) is 0 Å². The van der Waals surface area contributed by atoms with E-state index in [9.17, 15) is 0 Å². The average Bonchev–Trinajstić information content (AvgIpc) is 2.12. The van der Waals surface area contributed by atoms with Gasteiger partial charge in [-0.05, 0) is 268 Å². The molecule has 0 saturated carbocycles. The van der Waals surface area contributed by atoms with E-state index in [0.717, 1.165) is 103 Å². The highest BCUT2D eigenvalue weighted by molar-refractivity contribution is 8.18. The van der Waals surface area contributed by atoms with Crippen LogP contribution < -0.4 is 0 Å². The van der Waals surface area contributed by atoms with Gasteiger partial charge in [0.2, 0.25) is 0 Å². The van der Waals surface area contributed by atoms with Crippen molar-refractivity contribution in [1.82, 2.24) is 39.2 Å². The molecule has 16 heterocycles. The Bertz CT molecular complexity index is 1690. The average molecular weight is 1460 g/mol. The van der Waals surface area contributed by atoms with Crippen LogP contribution in [0.2, 0.25) is 0 Å². The van der Waals surface area contributed by atoms with Crippen molar-refractivity contribution in [1.29, 1.82) is 0 Å². The minimum absolute atomic E-state index is 0.159. The predicted molar refractivity (Wildman–Crippen MR) is 420 cm³/mol. The van der Waals surface area contributed by atoms with Gasteiger partial charge in [0.15, 0.2) is 5.79 Å². The van der Waals surface area contributed by atoms with Gasteiger partial charge in [-0.25, -0.2) is 0 Å². The third kappa shape index (κ3) is 22.8. The SMILES string of the molecule is CC1CC2(CCCCO2)CN1C.CC1CC2(CCCCO2)CN1C.CC1CC2(CCCCS2)CN1C.CC1CC2(CCCCS2)CN1C.CC1CC2(CN1C)OCCCO2.CC1CC2(CN1C)OCCCS2.CC1CC2(CN1C)OCCCS2.CC1CC2(CN1C)SCCCS2. The van der Waals surface area contributed by atoms with Crippen molar-refractivity contribution in [3.05, 3.63) is 0 Å². The highest BCUT2D eigenvalue weighted by Crippen LogP contribution is 2.51. The maximum absolute atomic E-state index is 5.93. The Hall–Kier alpha value is 1.54. The van der Waals surface area contributed by atoms with E-state index in [4.69, 9.17) is 28.4 Å². The summed E-state index contributed by atoms with van der Waals surface area (Å²) in [7, 11) is 17.7. The summed E-state index contributed by atoms with van der Waals surface area (Å²) in [6, 6.07) is 5.81. The van der Waals surface area contributed by atoms with Crippen molar-refractivity contribution >= 4 is 70.6 Å². The monoisotopic (exact) mass is 1460 g/mol. The molecule has 0 aromatic carbocycles. The molecule has 14 nitrogen and oxygen atoms in total. The minimum Gasteiger partial charge on any atom is -0.374 e. The third-order valence-corrected chi connectivity index (χ3v) is 34.5. The normalized spacial score (nSPS) is 42.0. The van der Waals surface area contributed by atoms with Gasteiger partial charge in [0.1, 0.15) is 9.87 Å². The fourth-order valence-electron chi connectivity index (χ4n) is 18.4. The van der Waals surface area contributed by atoms with E-state index in [1.807, 2.05) is 23.5 Å². The molecule has 0 N–H and O–H groups in total. The number of ether oxygens (including phenoxy) is 6. The number of thioether (sulfide) groups is 6. The Morgan fingerprint density at radius 1 is 0.250 bits per heavy atom. The molecule has 8 spiro atoms. The number of rotatable bonds is 0. The summed E-state index contributed by atoms with van der Waals surface area (Å²) in [4.78, 5) is 19.8. The number of likely N-dealkylation sites (tertiary alicyclic amines) is 8. The van der Waals surface area contributed by atoms with Crippen LogP contribution in [0.15, 0.2) is 0 Å². The molecule has 14 unspecified atom stereocenters. The quantitative estimate of drug-likeness (QED) is 0.231. The second kappa shape index (κ2) is 37.4. The molecule has 14 atom stereocenters. The molecule has 0 aliphatic carbocycles. The summed E-state index contributed by atoms with van der Waals surface area (Å²) in [6.07, 6.45) is 31.6. The van der Waals surface area contributed by atoms with Crippen molar-refractivity contribution in [3.63, 3.8) is 0 Å². The summed E-state index contributed by atoms with van der Waals surface area (Å²) < 4.78 is 36.9. The van der Waals surface area contributed by atoms with Gasteiger partial charge in [0.05, 0.1) is 35.0 Å². The Labute approximate surface area is 615 Å². The first-order chi connectivity index (χ1) is 45.7. The summed E-state index contributed by atoms with van der Waals surface area (Å²) >= 11 is 12.9. The van der Waals surface area contributed by atoms with Crippen LogP contribution in [0.1, 0.15) is 209 Å². The Morgan fingerprint density at radius 2 is 0.594 bits per heavy atom. The molecule has 0 amide bonds. The molecule has 16 fully saturated rings. The third-order valence-electron chi connectivity index (χ3n) is 25.0. The van der Waals surface area contributed by atoms with Crippen molar-refractivity contribution in [2.75, 3.05) is 183 Å². The van der Waals surface area contributed by atoms with Crippen LogP contribution >= 0.6 is 70.6 Å². The molecule has 560 valence electrons. The van der Waals surface area contributed by atoms with E-state index in [0.29, 0.717) is 43.8 Å². The second-order valence-electron chi connectivity index (χ2n) is 33.5. The number of hydrogen-bond acceptors (Lipinski definition) is 20. The Balaban J connectivity index is 0.000000129. The highest BCUT2D eigenvalue weighted by Gasteiger charge is 2.49. The van der Waals surface area contributed by atoms with Crippen molar-refractivity contribution in [3.8, 4) is 0 Å². The van der Waals surface area contributed by atoms with Gasteiger partial charge >= 0.3 is 0 Å². The lowest BCUT2D eigenvalue weighted by Crippen LogP contribution is -2.42.